The van der Waals surface area contributed by atoms with Crippen molar-refractivity contribution < 1.29 is 14.3 Å². The summed E-state index contributed by atoms with van der Waals surface area (Å²) in [6.07, 6.45) is 0.925. The van der Waals surface area contributed by atoms with E-state index in [2.05, 4.69) is 5.32 Å². The SMILES string of the molecule is CCOC(=O)CCCNC(=O)c1c(C)cc(C)cc1C. The standard InChI is InChI=1S/C16H23NO3/c1-5-20-14(18)7-6-8-17-16(19)15-12(3)9-11(2)10-13(15)4/h9-10H,5-8H2,1-4H3,(H,17,19). The highest BCUT2D eigenvalue weighted by Gasteiger charge is 2.12. The molecule has 0 aliphatic heterocycles. The summed E-state index contributed by atoms with van der Waals surface area (Å²) >= 11 is 0. The quantitative estimate of drug-likeness (QED) is 0.642. The van der Waals surface area contributed by atoms with Crippen molar-refractivity contribution in [3.05, 3.63) is 34.4 Å². The van der Waals surface area contributed by atoms with Crippen molar-refractivity contribution in [3.8, 4) is 0 Å². The monoisotopic (exact) mass is 277 g/mol. The van der Waals surface area contributed by atoms with Gasteiger partial charge in [-0.2, -0.15) is 0 Å². The predicted octanol–water partition coefficient (Wildman–Crippen LogP) is 2.68. The van der Waals surface area contributed by atoms with Crippen LogP contribution in [0.25, 0.3) is 0 Å². The minimum atomic E-state index is -0.218. The Morgan fingerprint density at radius 2 is 1.75 bits per heavy atom. The Morgan fingerprint density at radius 1 is 1.15 bits per heavy atom. The lowest BCUT2D eigenvalue weighted by molar-refractivity contribution is -0.143. The van der Waals surface area contributed by atoms with Gasteiger partial charge < -0.3 is 10.1 Å². The number of nitrogens with one attached hydrogen (secondary N) is 1. The molecule has 1 N–H and O–H groups in total. The van der Waals surface area contributed by atoms with E-state index in [0.717, 1.165) is 22.3 Å². The molecule has 0 aliphatic carbocycles. The molecule has 0 radical (unpaired) electrons. The minimum absolute atomic E-state index is 0.0798. The highest BCUT2D eigenvalue weighted by Crippen LogP contribution is 2.16. The molecule has 0 saturated carbocycles. The van der Waals surface area contributed by atoms with Gasteiger partial charge in [0.1, 0.15) is 0 Å². The number of benzene rings is 1. The zero-order chi connectivity index (χ0) is 15.1. The number of amides is 1. The van der Waals surface area contributed by atoms with Gasteiger partial charge in [-0.3, -0.25) is 9.59 Å². The maximum Gasteiger partial charge on any atom is 0.305 e. The first-order valence-electron chi connectivity index (χ1n) is 6.97. The fraction of sp³-hybridized carbons (Fsp3) is 0.500. The third-order valence-electron chi connectivity index (χ3n) is 3.05. The number of carbonyl (C=O) groups is 2. The lowest BCUT2D eigenvalue weighted by Gasteiger charge is -2.11. The molecule has 110 valence electrons. The van der Waals surface area contributed by atoms with Crippen LogP contribution in [0, 0.1) is 20.8 Å². The molecule has 4 nitrogen and oxygen atoms in total. The molecule has 0 bridgehead atoms. The Labute approximate surface area is 120 Å². The van der Waals surface area contributed by atoms with Gasteiger partial charge in [0.15, 0.2) is 0 Å². The van der Waals surface area contributed by atoms with Crippen LogP contribution in [0.2, 0.25) is 0 Å². The average Bonchev–Trinajstić information content (AvgIpc) is 2.33. The van der Waals surface area contributed by atoms with Gasteiger partial charge in [0, 0.05) is 18.5 Å². The third-order valence-corrected chi connectivity index (χ3v) is 3.05. The van der Waals surface area contributed by atoms with Crippen molar-refractivity contribution in [2.75, 3.05) is 13.2 Å². The molecule has 1 amide bonds. The van der Waals surface area contributed by atoms with Crippen molar-refractivity contribution in [2.45, 2.75) is 40.5 Å². The molecule has 0 atom stereocenters. The van der Waals surface area contributed by atoms with Crippen molar-refractivity contribution >= 4 is 11.9 Å². The smallest absolute Gasteiger partial charge is 0.305 e. The minimum Gasteiger partial charge on any atom is -0.466 e. The summed E-state index contributed by atoms with van der Waals surface area (Å²) < 4.78 is 4.83. The van der Waals surface area contributed by atoms with Crippen LogP contribution in [0.3, 0.4) is 0 Å². The lowest BCUT2D eigenvalue weighted by atomic mass is 9.99. The van der Waals surface area contributed by atoms with E-state index in [0.29, 0.717) is 26.0 Å². The van der Waals surface area contributed by atoms with Crippen molar-refractivity contribution in [1.82, 2.24) is 5.32 Å². The maximum absolute atomic E-state index is 12.1. The summed E-state index contributed by atoms with van der Waals surface area (Å²) in [7, 11) is 0. The summed E-state index contributed by atoms with van der Waals surface area (Å²) in [5, 5.41) is 2.85. The normalized spacial score (nSPS) is 10.2. The largest absolute Gasteiger partial charge is 0.466 e. The van der Waals surface area contributed by atoms with Gasteiger partial charge >= 0.3 is 5.97 Å². The van der Waals surface area contributed by atoms with Gasteiger partial charge in [-0.05, 0) is 45.2 Å². The Kier molecular flexibility index (Phi) is 6.22. The van der Waals surface area contributed by atoms with Crippen LogP contribution in [-0.2, 0) is 9.53 Å². The molecule has 0 fully saturated rings. The van der Waals surface area contributed by atoms with Crippen LogP contribution < -0.4 is 5.32 Å². The first-order valence-corrected chi connectivity index (χ1v) is 6.97. The summed E-state index contributed by atoms with van der Waals surface area (Å²) in [6, 6.07) is 4.00. The van der Waals surface area contributed by atoms with Crippen LogP contribution in [0.4, 0.5) is 0 Å². The van der Waals surface area contributed by atoms with E-state index in [-0.39, 0.29) is 11.9 Å². The van der Waals surface area contributed by atoms with Gasteiger partial charge in [0.05, 0.1) is 6.61 Å². The molecule has 1 aromatic rings. The number of ether oxygens (including phenoxy) is 1. The van der Waals surface area contributed by atoms with E-state index in [1.165, 1.54) is 0 Å². The molecule has 1 rings (SSSR count). The van der Waals surface area contributed by atoms with Gasteiger partial charge in [-0.1, -0.05) is 17.7 Å². The highest BCUT2D eigenvalue weighted by molar-refractivity contribution is 5.97. The van der Waals surface area contributed by atoms with Crippen molar-refractivity contribution in [3.63, 3.8) is 0 Å². The molecular weight excluding hydrogens is 254 g/mol. The number of aryl methyl sites for hydroxylation is 3. The van der Waals surface area contributed by atoms with E-state index < -0.39 is 0 Å². The van der Waals surface area contributed by atoms with E-state index in [9.17, 15) is 9.59 Å². The summed E-state index contributed by atoms with van der Waals surface area (Å²) in [4.78, 5) is 23.3. The third kappa shape index (κ3) is 4.68. The molecule has 0 heterocycles. The molecular formula is C16H23NO3. The molecule has 0 aromatic heterocycles. The number of carbonyl (C=O) groups excluding carboxylic acids is 2. The number of hydrogen-bond donors (Lipinski definition) is 1. The van der Waals surface area contributed by atoms with Crippen LogP contribution in [-0.4, -0.2) is 25.0 Å². The van der Waals surface area contributed by atoms with Crippen LogP contribution >= 0.6 is 0 Å². The van der Waals surface area contributed by atoms with E-state index >= 15 is 0 Å². The van der Waals surface area contributed by atoms with Crippen molar-refractivity contribution in [2.24, 2.45) is 0 Å². The van der Waals surface area contributed by atoms with Gasteiger partial charge in [0.25, 0.3) is 5.91 Å². The summed E-state index contributed by atoms with van der Waals surface area (Å²) in [6.45, 7) is 8.54. The fourth-order valence-corrected chi connectivity index (χ4v) is 2.29. The molecule has 20 heavy (non-hydrogen) atoms. The molecule has 1 aromatic carbocycles. The predicted molar refractivity (Wildman–Crippen MR) is 78.9 cm³/mol. The second-order valence-corrected chi connectivity index (χ2v) is 4.94. The molecule has 0 unspecified atom stereocenters. The molecule has 0 spiro atoms. The zero-order valence-electron chi connectivity index (χ0n) is 12.7. The fourth-order valence-electron chi connectivity index (χ4n) is 2.29. The van der Waals surface area contributed by atoms with Gasteiger partial charge in [0.2, 0.25) is 0 Å². The maximum atomic E-state index is 12.1. The van der Waals surface area contributed by atoms with Gasteiger partial charge in [-0.25, -0.2) is 0 Å². The second kappa shape index (κ2) is 7.68. The van der Waals surface area contributed by atoms with Gasteiger partial charge in [-0.15, -0.1) is 0 Å². The van der Waals surface area contributed by atoms with E-state index in [1.54, 1.807) is 6.92 Å². The lowest BCUT2D eigenvalue weighted by Crippen LogP contribution is -2.26. The number of rotatable bonds is 6. The number of esters is 1. The molecule has 0 saturated heterocycles. The Morgan fingerprint density at radius 3 is 2.30 bits per heavy atom. The first-order chi connectivity index (χ1) is 9.45. The Bertz CT molecular complexity index is 471. The Hall–Kier alpha value is -1.84. The van der Waals surface area contributed by atoms with E-state index in [4.69, 9.17) is 4.74 Å². The van der Waals surface area contributed by atoms with Crippen LogP contribution in [0.1, 0.15) is 46.8 Å². The van der Waals surface area contributed by atoms with Crippen molar-refractivity contribution in [1.29, 1.82) is 0 Å². The first kappa shape index (κ1) is 16.2. The van der Waals surface area contributed by atoms with E-state index in [1.807, 2.05) is 32.9 Å². The second-order valence-electron chi connectivity index (χ2n) is 4.94. The van der Waals surface area contributed by atoms with Crippen LogP contribution in [0.5, 0.6) is 0 Å². The zero-order valence-corrected chi connectivity index (χ0v) is 12.7. The topological polar surface area (TPSA) is 55.4 Å². The number of hydrogen-bond acceptors (Lipinski definition) is 3. The van der Waals surface area contributed by atoms with Crippen LogP contribution in [0.15, 0.2) is 12.1 Å². The summed E-state index contributed by atoms with van der Waals surface area (Å²) in [5.41, 5.74) is 3.83. The summed E-state index contributed by atoms with van der Waals surface area (Å²) in [5.74, 6) is -0.298. The highest BCUT2D eigenvalue weighted by atomic mass is 16.5. The average molecular weight is 277 g/mol. The Balaban J connectivity index is 2.50. The molecule has 4 heteroatoms. The molecule has 0 aliphatic rings.